The summed E-state index contributed by atoms with van der Waals surface area (Å²) in [5.74, 6) is -2.55. The summed E-state index contributed by atoms with van der Waals surface area (Å²) in [5.41, 5.74) is 0.492. The highest BCUT2D eigenvalue weighted by atomic mass is 16.5. The van der Waals surface area contributed by atoms with Gasteiger partial charge in [0, 0.05) is 5.69 Å². The van der Waals surface area contributed by atoms with Crippen LogP contribution in [0.1, 0.15) is 36.5 Å². The van der Waals surface area contributed by atoms with Crippen LogP contribution in [0.25, 0.3) is 0 Å². The molecule has 1 fully saturated rings. The van der Waals surface area contributed by atoms with Gasteiger partial charge in [0.15, 0.2) is 5.78 Å². The maximum absolute atomic E-state index is 12.4. The number of para-hydroxylation sites is 1. The molecular formula is C16H19NO5. The molecule has 6 heteroatoms. The molecule has 1 aliphatic carbocycles. The number of ether oxygens (including phenoxy) is 1. The predicted octanol–water partition coefficient (Wildman–Crippen LogP) is 2.10. The maximum atomic E-state index is 12.4. The van der Waals surface area contributed by atoms with Crippen LogP contribution in [-0.4, -0.2) is 35.5 Å². The molecule has 1 aromatic rings. The molecule has 2 atom stereocenters. The van der Waals surface area contributed by atoms with Crippen molar-refractivity contribution in [2.45, 2.75) is 32.2 Å². The van der Waals surface area contributed by atoms with Crippen LogP contribution in [-0.2, 0) is 14.3 Å². The number of ketones is 1. The lowest BCUT2D eigenvalue weighted by atomic mass is 9.84. The number of benzene rings is 1. The Balaban J connectivity index is 2.14. The second kappa shape index (κ2) is 7.06. The Morgan fingerprint density at radius 2 is 2.05 bits per heavy atom. The number of nitrogens with one attached hydrogen (secondary N) is 1. The Hall–Kier alpha value is -2.37. The number of carboxylic acids is 1. The highest BCUT2D eigenvalue weighted by Crippen LogP contribution is 2.26. The van der Waals surface area contributed by atoms with Crippen molar-refractivity contribution < 1.29 is 24.2 Å². The van der Waals surface area contributed by atoms with Crippen molar-refractivity contribution in [1.29, 1.82) is 0 Å². The van der Waals surface area contributed by atoms with Gasteiger partial charge in [-0.25, -0.2) is 4.79 Å². The summed E-state index contributed by atoms with van der Waals surface area (Å²) in [6, 6.07) is 5.85. The fourth-order valence-electron chi connectivity index (χ4n) is 2.66. The van der Waals surface area contributed by atoms with Crippen molar-refractivity contribution in [2.24, 2.45) is 5.92 Å². The van der Waals surface area contributed by atoms with Crippen LogP contribution < -0.4 is 5.32 Å². The maximum Gasteiger partial charge on any atom is 0.337 e. The minimum atomic E-state index is -1.06. The van der Waals surface area contributed by atoms with Crippen molar-refractivity contribution in [2.75, 3.05) is 11.9 Å². The van der Waals surface area contributed by atoms with Gasteiger partial charge in [-0.3, -0.25) is 9.59 Å². The number of carbonyl (C=O) groups excluding carboxylic acids is 2. The molecule has 2 rings (SSSR count). The SMILES string of the molecule is CCOC(=O)C1CCCC(Nc2ccccc2C(=O)O)C1=O. The van der Waals surface area contributed by atoms with Gasteiger partial charge >= 0.3 is 11.9 Å². The number of anilines is 1. The van der Waals surface area contributed by atoms with Crippen LogP contribution in [0.5, 0.6) is 0 Å². The first-order valence-corrected chi connectivity index (χ1v) is 7.33. The van der Waals surface area contributed by atoms with Crippen LogP contribution >= 0.6 is 0 Å². The molecule has 1 aliphatic rings. The van der Waals surface area contributed by atoms with E-state index in [4.69, 9.17) is 4.74 Å². The molecule has 22 heavy (non-hydrogen) atoms. The van der Waals surface area contributed by atoms with Crippen LogP contribution in [0.4, 0.5) is 5.69 Å². The molecule has 1 aromatic carbocycles. The molecule has 0 saturated heterocycles. The average molecular weight is 305 g/mol. The average Bonchev–Trinajstić information content (AvgIpc) is 2.50. The molecule has 0 aliphatic heterocycles. The van der Waals surface area contributed by atoms with E-state index in [1.54, 1.807) is 25.1 Å². The normalized spacial score (nSPS) is 21.2. The quantitative estimate of drug-likeness (QED) is 0.639. The first kappa shape index (κ1) is 16.0. The fourth-order valence-corrected chi connectivity index (χ4v) is 2.66. The lowest BCUT2D eigenvalue weighted by molar-refractivity contribution is -0.153. The van der Waals surface area contributed by atoms with E-state index in [1.165, 1.54) is 6.07 Å². The van der Waals surface area contributed by atoms with Gasteiger partial charge in [-0.15, -0.1) is 0 Å². The standard InChI is InChI=1S/C16H19NO5/c1-2-22-16(21)11-7-5-9-13(14(11)18)17-12-8-4-3-6-10(12)15(19)20/h3-4,6,8,11,13,17H,2,5,7,9H2,1H3,(H,19,20). The molecule has 2 unspecified atom stereocenters. The fraction of sp³-hybridized carbons (Fsp3) is 0.438. The van der Waals surface area contributed by atoms with Crippen LogP contribution in [0, 0.1) is 5.92 Å². The molecule has 118 valence electrons. The van der Waals surface area contributed by atoms with E-state index < -0.39 is 23.9 Å². The van der Waals surface area contributed by atoms with Crippen LogP contribution in [0.3, 0.4) is 0 Å². The van der Waals surface area contributed by atoms with Gasteiger partial charge in [0.1, 0.15) is 5.92 Å². The summed E-state index contributed by atoms with van der Waals surface area (Å²) < 4.78 is 4.93. The Morgan fingerprint density at radius 1 is 1.32 bits per heavy atom. The van der Waals surface area contributed by atoms with E-state index in [-0.39, 0.29) is 18.0 Å². The molecule has 0 bridgehead atoms. The first-order chi connectivity index (χ1) is 10.5. The topological polar surface area (TPSA) is 92.7 Å². The third-order valence-corrected chi connectivity index (χ3v) is 3.73. The zero-order chi connectivity index (χ0) is 16.1. The van der Waals surface area contributed by atoms with Crippen molar-refractivity contribution >= 4 is 23.4 Å². The molecule has 0 radical (unpaired) electrons. The number of aromatic carboxylic acids is 1. The van der Waals surface area contributed by atoms with Gasteiger partial charge in [0.25, 0.3) is 0 Å². The summed E-state index contributed by atoms with van der Waals surface area (Å²) in [6.07, 6.45) is 1.77. The number of rotatable bonds is 5. The Bertz CT molecular complexity index is 584. The number of hydrogen-bond donors (Lipinski definition) is 2. The number of carboxylic acid groups (broad SMARTS) is 1. The summed E-state index contributed by atoms with van der Waals surface area (Å²) in [7, 11) is 0. The first-order valence-electron chi connectivity index (χ1n) is 7.33. The van der Waals surface area contributed by atoms with Gasteiger partial charge in [-0.2, -0.15) is 0 Å². The second-order valence-electron chi connectivity index (χ2n) is 5.19. The number of esters is 1. The molecular weight excluding hydrogens is 286 g/mol. The molecule has 2 N–H and O–H groups in total. The summed E-state index contributed by atoms with van der Waals surface area (Å²) in [4.78, 5) is 35.4. The third-order valence-electron chi connectivity index (χ3n) is 3.73. The van der Waals surface area contributed by atoms with E-state index in [2.05, 4.69) is 5.32 Å². The molecule has 6 nitrogen and oxygen atoms in total. The number of Topliss-reactive ketones (excluding diaryl/α,β-unsaturated/α-hetero) is 1. The van der Waals surface area contributed by atoms with Gasteiger partial charge < -0.3 is 15.2 Å². The van der Waals surface area contributed by atoms with E-state index in [0.29, 0.717) is 24.9 Å². The highest BCUT2D eigenvalue weighted by molar-refractivity contribution is 6.04. The lowest BCUT2D eigenvalue weighted by Gasteiger charge is -2.28. The smallest absolute Gasteiger partial charge is 0.337 e. The Morgan fingerprint density at radius 3 is 2.73 bits per heavy atom. The van der Waals surface area contributed by atoms with Gasteiger partial charge in [-0.1, -0.05) is 12.1 Å². The van der Waals surface area contributed by atoms with Crippen LogP contribution in [0.2, 0.25) is 0 Å². The van der Waals surface area contributed by atoms with Crippen LogP contribution in [0.15, 0.2) is 24.3 Å². The second-order valence-corrected chi connectivity index (χ2v) is 5.19. The number of hydrogen-bond acceptors (Lipinski definition) is 5. The summed E-state index contributed by atoms with van der Waals surface area (Å²) >= 11 is 0. The Labute approximate surface area is 128 Å². The van der Waals surface area contributed by atoms with Gasteiger partial charge in [0.05, 0.1) is 18.2 Å². The minimum Gasteiger partial charge on any atom is -0.478 e. The molecule has 0 heterocycles. The zero-order valence-electron chi connectivity index (χ0n) is 12.4. The minimum absolute atomic E-state index is 0.105. The molecule has 1 saturated carbocycles. The zero-order valence-corrected chi connectivity index (χ0v) is 12.4. The Kier molecular flexibility index (Phi) is 5.14. The van der Waals surface area contributed by atoms with Crippen molar-refractivity contribution in [1.82, 2.24) is 0 Å². The summed E-state index contributed by atoms with van der Waals surface area (Å²) in [6.45, 7) is 1.94. The van der Waals surface area contributed by atoms with E-state index in [0.717, 1.165) is 0 Å². The molecule has 0 aromatic heterocycles. The van der Waals surface area contributed by atoms with E-state index in [1.807, 2.05) is 0 Å². The van der Waals surface area contributed by atoms with E-state index in [9.17, 15) is 19.5 Å². The third kappa shape index (κ3) is 3.44. The van der Waals surface area contributed by atoms with E-state index >= 15 is 0 Å². The van der Waals surface area contributed by atoms with Crippen molar-refractivity contribution in [3.05, 3.63) is 29.8 Å². The predicted molar refractivity (Wildman–Crippen MR) is 79.8 cm³/mol. The molecule has 0 amide bonds. The largest absolute Gasteiger partial charge is 0.478 e. The van der Waals surface area contributed by atoms with Crippen molar-refractivity contribution in [3.63, 3.8) is 0 Å². The highest BCUT2D eigenvalue weighted by Gasteiger charge is 2.37. The molecule has 0 spiro atoms. The van der Waals surface area contributed by atoms with Gasteiger partial charge in [-0.05, 0) is 38.3 Å². The monoisotopic (exact) mass is 305 g/mol. The number of carbonyl (C=O) groups is 3. The van der Waals surface area contributed by atoms with Gasteiger partial charge in [0.2, 0.25) is 0 Å². The van der Waals surface area contributed by atoms with Crippen molar-refractivity contribution in [3.8, 4) is 0 Å². The lowest BCUT2D eigenvalue weighted by Crippen LogP contribution is -2.42. The summed E-state index contributed by atoms with van der Waals surface area (Å²) in [5, 5.41) is 12.1.